The molecule has 0 aliphatic heterocycles. The van der Waals surface area contributed by atoms with E-state index in [0.29, 0.717) is 6.07 Å². The quantitative estimate of drug-likeness (QED) is 0.800. The summed E-state index contributed by atoms with van der Waals surface area (Å²) in [4.78, 5) is 11.6. The molecule has 1 aromatic rings. The second kappa shape index (κ2) is 6.63. The summed E-state index contributed by atoms with van der Waals surface area (Å²) in [5, 5.41) is 10.8. The summed E-state index contributed by atoms with van der Waals surface area (Å²) in [7, 11) is 1.39. The van der Waals surface area contributed by atoms with Gasteiger partial charge in [-0.3, -0.25) is 4.79 Å². The molecule has 1 atom stereocenters. The molecule has 100 valence electrons. The van der Waals surface area contributed by atoms with E-state index in [1.54, 1.807) is 0 Å². The Morgan fingerprint density at radius 3 is 2.72 bits per heavy atom. The van der Waals surface area contributed by atoms with E-state index in [1.165, 1.54) is 7.11 Å². The van der Waals surface area contributed by atoms with E-state index in [4.69, 9.17) is 21.4 Å². The van der Waals surface area contributed by atoms with Crippen LogP contribution in [0, 0.1) is 11.6 Å². The van der Waals surface area contributed by atoms with Crippen LogP contribution in [0.5, 0.6) is 0 Å². The van der Waals surface area contributed by atoms with E-state index >= 15 is 0 Å². The maximum absolute atomic E-state index is 13.4. The van der Waals surface area contributed by atoms with Crippen LogP contribution < -0.4 is 5.32 Å². The molecule has 4 nitrogen and oxygen atoms in total. The summed E-state index contributed by atoms with van der Waals surface area (Å²) in [6.45, 7) is -0.322. The standard InChI is InChI=1S/C11H12ClF2NO3/c1-18-5-6(4-16)15-11(17)7-2-10(14)8(12)3-9(7)13/h2-3,6,16H,4-5H2,1H3,(H,15,17). The van der Waals surface area contributed by atoms with Crippen LogP contribution in [0.25, 0.3) is 0 Å². The SMILES string of the molecule is COCC(CO)NC(=O)c1cc(F)c(Cl)cc1F. The summed E-state index contributed by atoms with van der Waals surface area (Å²) < 4.78 is 31.3. The van der Waals surface area contributed by atoms with Gasteiger partial charge in [-0.2, -0.15) is 0 Å². The Labute approximate surface area is 108 Å². The number of halogens is 3. The number of methoxy groups -OCH3 is 1. The van der Waals surface area contributed by atoms with Crippen molar-refractivity contribution in [3.63, 3.8) is 0 Å². The minimum absolute atomic E-state index is 0.0555. The number of carbonyl (C=O) groups excluding carboxylic acids is 1. The van der Waals surface area contributed by atoms with Crippen molar-refractivity contribution < 1.29 is 23.4 Å². The Balaban J connectivity index is 2.87. The van der Waals surface area contributed by atoms with Crippen molar-refractivity contribution in [3.05, 3.63) is 34.4 Å². The fourth-order valence-corrected chi connectivity index (χ4v) is 1.45. The second-order valence-corrected chi connectivity index (χ2v) is 3.96. The average molecular weight is 280 g/mol. The van der Waals surface area contributed by atoms with Crippen molar-refractivity contribution >= 4 is 17.5 Å². The van der Waals surface area contributed by atoms with E-state index in [1.807, 2.05) is 0 Å². The van der Waals surface area contributed by atoms with E-state index in [0.717, 1.165) is 6.07 Å². The number of aliphatic hydroxyl groups excluding tert-OH is 1. The molecule has 0 aliphatic carbocycles. The molecule has 7 heteroatoms. The maximum atomic E-state index is 13.4. The summed E-state index contributed by atoms with van der Waals surface area (Å²) in [6, 6.07) is 0.727. The summed E-state index contributed by atoms with van der Waals surface area (Å²) in [5.41, 5.74) is -0.480. The number of hydrogen-bond donors (Lipinski definition) is 2. The van der Waals surface area contributed by atoms with Crippen molar-refractivity contribution in [3.8, 4) is 0 Å². The molecule has 0 radical (unpaired) electrons. The van der Waals surface area contributed by atoms with Gasteiger partial charge < -0.3 is 15.2 Å². The first-order chi connectivity index (χ1) is 8.49. The van der Waals surface area contributed by atoms with E-state index in [2.05, 4.69) is 5.32 Å². The number of carbonyl (C=O) groups is 1. The zero-order chi connectivity index (χ0) is 13.7. The van der Waals surface area contributed by atoms with Crippen LogP contribution in [-0.4, -0.2) is 37.4 Å². The molecule has 0 heterocycles. The number of amides is 1. The number of benzene rings is 1. The molecule has 0 saturated carbocycles. The van der Waals surface area contributed by atoms with Crippen LogP contribution in [0.1, 0.15) is 10.4 Å². The molecular formula is C11H12ClF2NO3. The van der Waals surface area contributed by atoms with Crippen LogP contribution >= 0.6 is 11.6 Å². The largest absolute Gasteiger partial charge is 0.394 e. The molecule has 0 fully saturated rings. The Bertz CT molecular complexity index is 443. The van der Waals surface area contributed by atoms with Gasteiger partial charge in [0.1, 0.15) is 11.6 Å². The van der Waals surface area contributed by atoms with Gasteiger partial charge in [0.05, 0.1) is 29.8 Å². The van der Waals surface area contributed by atoms with Gasteiger partial charge in [0.25, 0.3) is 5.91 Å². The zero-order valence-electron chi connectivity index (χ0n) is 9.54. The molecule has 1 rings (SSSR count). The number of nitrogens with one attached hydrogen (secondary N) is 1. The Kier molecular flexibility index (Phi) is 5.46. The van der Waals surface area contributed by atoms with Crippen LogP contribution in [0.4, 0.5) is 8.78 Å². The monoisotopic (exact) mass is 279 g/mol. The lowest BCUT2D eigenvalue weighted by molar-refractivity contribution is 0.0835. The maximum Gasteiger partial charge on any atom is 0.254 e. The average Bonchev–Trinajstić information content (AvgIpc) is 2.33. The third-order valence-electron chi connectivity index (χ3n) is 2.18. The number of ether oxygens (including phenoxy) is 1. The molecule has 0 aliphatic rings. The van der Waals surface area contributed by atoms with Crippen molar-refractivity contribution in [1.82, 2.24) is 5.32 Å². The molecule has 1 unspecified atom stereocenters. The van der Waals surface area contributed by atoms with Gasteiger partial charge in [0, 0.05) is 7.11 Å². The normalized spacial score (nSPS) is 12.3. The minimum Gasteiger partial charge on any atom is -0.394 e. The van der Waals surface area contributed by atoms with Gasteiger partial charge in [-0.25, -0.2) is 8.78 Å². The number of aliphatic hydroxyl groups is 1. The summed E-state index contributed by atoms with van der Waals surface area (Å²) in [5.74, 6) is -2.68. The fourth-order valence-electron chi connectivity index (χ4n) is 1.30. The number of rotatable bonds is 5. The first-order valence-electron chi connectivity index (χ1n) is 5.04. The highest BCUT2D eigenvalue weighted by atomic mass is 35.5. The lowest BCUT2D eigenvalue weighted by atomic mass is 10.1. The van der Waals surface area contributed by atoms with Crippen molar-refractivity contribution in [1.29, 1.82) is 0 Å². The predicted octanol–water partition coefficient (Wildman–Crippen LogP) is 1.36. The number of hydrogen-bond acceptors (Lipinski definition) is 3. The minimum atomic E-state index is -0.937. The fraction of sp³-hybridized carbons (Fsp3) is 0.364. The van der Waals surface area contributed by atoms with Gasteiger partial charge in [0.15, 0.2) is 0 Å². The van der Waals surface area contributed by atoms with Gasteiger partial charge >= 0.3 is 0 Å². The highest BCUT2D eigenvalue weighted by molar-refractivity contribution is 6.30. The first kappa shape index (κ1) is 14.8. The Morgan fingerprint density at radius 2 is 2.17 bits per heavy atom. The molecule has 0 aromatic heterocycles. The zero-order valence-corrected chi connectivity index (χ0v) is 10.3. The molecule has 1 aromatic carbocycles. The van der Waals surface area contributed by atoms with Crippen molar-refractivity contribution in [2.24, 2.45) is 0 Å². The van der Waals surface area contributed by atoms with Gasteiger partial charge in [-0.05, 0) is 12.1 Å². The highest BCUT2D eigenvalue weighted by Gasteiger charge is 2.18. The Morgan fingerprint density at radius 1 is 1.50 bits per heavy atom. The molecule has 2 N–H and O–H groups in total. The van der Waals surface area contributed by atoms with Gasteiger partial charge in [0.2, 0.25) is 0 Å². The van der Waals surface area contributed by atoms with Crippen LogP contribution in [0.2, 0.25) is 5.02 Å². The van der Waals surface area contributed by atoms with Gasteiger partial charge in [-0.1, -0.05) is 11.6 Å². The molecule has 0 saturated heterocycles. The van der Waals surface area contributed by atoms with E-state index < -0.39 is 34.2 Å². The third-order valence-corrected chi connectivity index (χ3v) is 2.47. The van der Waals surface area contributed by atoms with Gasteiger partial charge in [-0.15, -0.1) is 0 Å². The van der Waals surface area contributed by atoms with Crippen LogP contribution in [0.15, 0.2) is 12.1 Å². The summed E-state index contributed by atoms with van der Waals surface area (Å²) in [6.07, 6.45) is 0. The predicted molar refractivity (Wildman–Crippen MR) is 61.6 cm³/mol. The van der Waals surface area contributed by atoms with Crippen molar-refractivity contribution in [2.75, 3.05) is 20.3 Å². The lowest BCUT2D eigenvalue weighted by Gasteiger charge is -2.15. The van der Waals surface area contributed by atoms with Crippen molar-refractivity contribution in [2.45, 2.75) is 6.04 Å². The summed E-state index contributed by atoms with van der Waals surface area (Å²) >= 11 is 5.37. The lowest BCUT2D eigenvalue weighted by Crippen LogP contribution is -2.41. The second-order valence-electron chi connectivity index (χ2n) is 3.55. The van der Waals surface area contributed by atoms with Crippen LogP contribution in [0.3, 0.4) is 0 Å². The topological polar surface area (TPSA) is 58.6 Å². The highest BCUT2D eigenvalue weighted by Crippen LogP contribution is 2.19. The molecular weight excluding hydrogens is 268 g/mol. The van der Waals surface area contributed by atoms with Crippen LogP contribution in [-0.2, 0) is 4.74 Å². The Hall–Kier alpha value is -1.24. The molecule has 18 heavy (non-hydrogen) atoms. The van der Waals surface area contributed by atoms with E-state index in [9.17, 15) is 13.6 Å². The first-order valence-corrected chi connectivity index (χ1v) is 5.42. The molecule has 0 bridgehead atoms. The van der Waals surface area contributed by atoms with E-state index in [-0.39, 0.29) is 13.2 Å². The molecule has 1 amide bonds. The third kappa shape index (κ3) is 3.63. The smallest absolute Gasteiger partial charge is 0.254 e. The molecule has 0 spiro atoms.